The molecule has 1 atom stereocenters. The van der Waals surface area contributed by atoms with E-state index in [9.17, 15) is 5.11 Å². The molecular formula is C19H27N3O2. The van der Waals surface area contributed by atoms with E-state index in [0.717, 1.165) is 17.1 Å². The van der Waals surface area contributed by atoms with Crippen LogP contribution in [-0.4, -0.2) is 39.5 Å². The summed E-state index contributed by atoms with van der Waals surface area (Å²) in [7, 11) is 0. The van der Waals surface area contributed by atoms with E-state index in [4.69, 9.17) is 4.74 Å². The largest absolute Gasteiger partial charge is 0.490 e. The molecule has 0 saturated heterocycles. The first-order chi connectivity index (χ1) is 11.3. The number of rotatable bonds is 7. The molecule has 0 aliphatic heterocycles. The lowest BCUT2D eigenvalue weighted by Crippen LogP contribution is -2.42. The van der Waals surface area contributed by atoms with Crippen molar-refractivity contribution >= 4 is 5.70 Å². The lowest BCUT2D eigenvalue weighted by atomic mass is 10.1. The highest BCUT2D eigenvalue weighted by Crippen LogP contribution is 2.26. The third kappa shape index (κ3) is 4.94. The maximum absolute atomic E-state index is 10.1. The predicted molar refractivity (Wildman–Crippen MR) is 97.1 cm³/mol. The van der Waals surface area contributed by atoms with Crippen molar-refractivity contribution in [1.82, 2.24) is 14.9 Å². The number of hydrogen-bond donors (Lipinski definition) is 2. The average Bonchev–Trinajstić information content (AvgIpc) is 2.96. The fourth-order valence-electron chi connectivity index (χ4n) is 2.29. The lowest BCUT2D eigenvalue weighted by Gasteiger charge is -2.23. The molecule has 0 radical (unpaired) electrons. The summed E-state index contributed by atoms with van der Waals surface area (Å²) in [4.78, 5) is 4.23. The van der Waals surface area contributed by atoms with E-state index < -0.39 is 6.10 Å². The van der Waals surface area contributed by atoms with Gasteiger partial charge in [0.25, 0.3) is 0 Å². The van der Waals surface area contributed by atoms with E-state index in [0.29, 0.717) is 12.3 Å². The van der Waals surface area contributed by atoms with Gasteiger partial charge < -0.3 is 19.7 Å². The summed E-state index contributed by atoms with van der Waals surface area (Å²) in [5.41, 5.74) is 1.64. The van der Waals surface area contributed by atoms with Crippen molar-refractivity contribution in [2.45, 2.75) is 39.3 Å². The molecule has 0 fully saturated rings. The van der Waals surface area contributed by atoms with Crippen LogP contribution in [0.5, 0.6) is 5.75 Å². The molecule has 0 aliphatic carbocycles. The minimum atomic E-state index is -0.583. The van der Waals surface area contributed by atoms with Gasteiger partial charge in [0, 0.05) is 30.0 Å². The second kappa shape index (κ2) is 7.64. The van der Waals surface area contributed by atoms with Crippen molar-refractivity contribution in [2.24, 2.45) is 0 Å². The number of β-amino-alcohol motifs (C(OH)–C–C–N with tert-alkyl or cyclic N) is 1. The number of hydrogen-bond acceptors (Lipinski definition) is 4. The quantitative estimate of drug-likeness (QED) is 0.820. The Morgan fingerprint density at radius 2 is 2.08 bits per heavy atom. The van der Waals surface area contributed by atoms with Gasteiger partial charge in [-0.3, -0.25) is 0 Å². The van der Waals surface area contributed by atoms with Gasteiger partial charge in [0.15, 0.2) is 0 Å². The van der Waals surface area contributed by atoms with Crippen molar-refractivity contribution in [3.8, 4) is 5.75 Å². The summed E-state index contributed by atoms with van der Waals surface area (Å²) in [5, 5.41) is 13.4. The SMILES string of the molecule is C=C(c1ccccc1OCC(O)CNC(C)(C)C)n1ccnc1C. The Morgan fingerprint density at radius 3 is 2.71 bits per heavy atom. The number of aliphatic hydroxyl groups is 1. The van der Waals surface area contributed by atoms with Gasteiger partial charge >= 0.3 is 0 Å². The van der Waals surface area contributed by atoms with Gasteiger partial charge in [0.1, 0.15) is 24.3 Å². The molecule has 2 rings (SSSR count). The number of para-hydroxylation sites is 1. The van der Waals surface area contributed by atoms with E-state index in [2.05, 4.69) is 37.7 Å². The monoisotopic (exact) mass is 329 g/mol. The molecule has 24 heavy (non-hydrogen) atoms. The summed E-state index contributed by atoms with van der Waals surface area (Å²) in [5.74, 6) is 1.56. The Hall–Kier alpha value is -2.11. The third-order valence-corrected chi connectivity index (χ3v) is 3.61. The molecule has 130 valence electrons. The van der Waals surface area contributed by atoms with Crippen LogP contribution in [0.4, 0.5) is 0 Å². The van der Waals surface area contributed by atoms with E-state index in [1.165, 1.54) is 0 Å². The normalized spacial score (nSPS) is 12.9. The average molecular weight is 329 g/mol. The van der Waals surface area contributed by atoms with Crippen LogP contribution in [0.1, 0.15) is 32.2 Å². The zero-order valence-corrected chi connectivity index (χ0v) is 14.9. The molecule has 0 saturated carbocycles. The number of aliphatic hydroxyl groups excluding tert-OH is 1. The first-order valence-electron chi connectivity index (χ1n) is 8.12. The molecule has 0 bridgehead atoms. The van der Waals surface area contributed by atoms with Gasteiger partial charge in [-0.25, -0.2) is 4.98 Å². The van der Waals surface area contributed by atoms with Gasteiger partial charge in [-0.2, -0.15) is 0 Å². The second-order valence-electron chi connectivity index (χ2n) is 6.88. The summed E-state index contributed by atoms with van der Waals surface area (Å²) in [6, 6.07) is 7.69. The van der Waals surface area contributed by atoms with Crippen LogP contribution in [0.2, 0.25) is 0 Å². The van der Waals surface area contributed by atoms with Gasteiger partial charge in [-0.05, 0) is 39.8 Å². The molecule has 2 N–H and O–H groups in total. The van der Waals surface area contributed by atoms with Crippen LogP contribution in [0.3, 0.4) is 0 Å². The molecule has 2 aromatic rings. The van der Waals surface area contributed by atoms with E-state index >= 15 is 0 Å². The van der Waals surface area contributed by atoms with E-state index in [-0.39, 0.29) is 12.1 Å². The van der Waals surface area contributed by atoms with Crippen molar-refractivity contribution < 1.29 is 9.84 Å². The number of ether oxygens (including phenoxy) is 1. The van der Waals surface area contributed by atoms with Crippen molar-refractivity contribution in [3.63, 3.8) is 0 Å². The first kappa shape index (κ1) is 18.2. The van der Waals surface area contributed by atoms with Gasteiger partial charge in [-0.15, -0.1) is 0 Å². The molecule has 1 unspecified atom stereocenters. The highest BCUT2D eigenvalue weighted by Gasteiger charge is 2.14. The van der Waals surface area contributed by atoms with E-state index in [1.807, 2.05) is 42.0 Å². The van der Waals surface area contributed by atoms with Crippen LogP contribution in [0, 0.1) is 6.92 Å². The minimum absolute atomic E-state index is 0.0356. The highest BCUT2D eigenvalue weighted by atomic mass is 16.5. The summed E-state index contributed by atoms with van der Waals surface area (Å²) < 4.78 is 7.76. The van der Waals surface area contributed by atoms with Crippen LogP contribution in [-0.2, 0) is 0 Å². The molecule has 5 heteroatoms. The molecule has 5 nitrogen and oxygen atoms in total. The summed E-state index contributed by atoms with van der Waals surface area (Å²) in [6.45, 7) is 13.0. The van der Waals surface area contributed by atoms with Gasteiger partial charge in [0.2, 0.25) is 0 Å². The molecule has 1 heterocycles. The van der Waals surface area contributed by atoms with Crippen LogP contribution in [0.15, 0.2) is 43.2 Å². The smallest absolute Gasteiger partial charge is 0.128 e. The second-order valence-corrected chi connectivity index (χ2v) is 6.88. The number of nitrogens with one attached hydrogen (secondary N) is 1. The van der Waals surface area contributed by atoms with Crippen LogP contribution >= 0.6 is 0 Å². The van der Waals surface area contributed by atoms with Crippen molar-refractivity contribution in [3.05, 3.63) is 54.6 Å². The topological polar surface area (TPSA) is 59.3 Å². The Kier molecular flexibility index (Phi) is 5.80. The summed E-state index contributed by atoms with van der Waals surface area (Å²) >= 11 is 0. The number of aromatic nitrogens is 2. The molecule has 0 amide bonds. The van der Waals surface area contributed by atoms with Gasteiger partial charge in [-0.1, -0.05) is 18.7 Å². The van der Waals surface area contributed by atoms with Gasteiger partial charge in [0.05, 0.1) is 5.70 Å². The predicted octanol–water partition coefficient (Wildman–Crippen LogP) is 2.84. The summed E-state index contributed by atoms with van der Waals surface area (Å²) in [6.07, 6.45) is 3.03. The maximum atomic E-state index is 10.1. The number of aryl methyl sites for hydroxylation is 1. The zero-order valence-electron chi connectivity index (χ0n) is 14.9. The molecule has 0 spiro atoms. The fourth-order valence-corrected chi connectivity index (χ4v) is 2.29. The molecular weight excluding hydrogens is 302 g/mol. The number of benzene rings is 1. The zero-order chi connectivity index (χ0) is 17.7. The van der Waals surface area contributed by atoms with Crippen molar-refractivity contribution in [1.29, 1.82) is 0 Å². The van der Waals surface area contributed by atoms with Crippen molar-refractivity contribution in [2.75, 3.05) is 13.2 Å². The van der Waals surface area contributed by atoms with Crippen LogP contribution in [0.25, 0.3) is 5.70 Å². The van der Waals surface area contributed by atoms with Crippen LogP contribution < -0.4 is 10.1 Å². The lowest BCUT2D eigenvalue weighted by molar-refractivity contribution is 0.0999. The third-order valence-electron chi connectivity index (χ3n) is 3.61. The Bertz CT molecular complexity index is 686. The number of imidazole rings is 1. The Labute approximate surface area is 144 Å². The molecule has 0 aliphatic rings. The standard InChI is InChI=1S/C19H27N3O2/c1-14(22-11-10-20-15(22)2)17-8-6-7-9-18(17)24-13-16(23)12-21-19(3,4)5/h6-11,16,21,23H,1,12-13H2,2-5H3. The minimum Gasteiger partial charge on any atom is -0.490 e. The molecule has 1 aromatic heterocycles. The number of nitrogens with zero attached hydrogens (tertiary/aromatic N) is 2. The highest BCUT2D eigenvalue weighted by molar-refractivity contribution is 5.69. The van der Waals surface area contributed by atoms with E-state index in [1.54, 1.807) is 6.20 Å². The fraction of sp³-hybridized carbons (Fsp3) is 0.421. The Balaban J connectivity index is 2.04. The Morgan fingerprint density at radius 1 is 1.38 bits per heavy atom. The maximum Gasteiger partial charge on any atom is 0.128 e. The first-order valence-corrected chi connectivity index (χ1v) is 8.12. The molecule has 1 aromatic carbocycles.